The highest BCUT2D eigenvalue weighted by Gasteiger charge is 2.29. The minimum Gasteiger partial charge on any atom is -0.385 e. The molecule has 1 aromatic carbocycles. The molecule has 1 N–H and O–H groups in total. The lowest BCUT2D eigenvalue weighted by molar-refractivity contribution is -0.104. The van der Waals surface area contributed by atoms with E-state index in [2.05, 4.69) is 22.9 Å². The number of allylic oxidation sites excluding steroid dienone is 4. The maximum absolute atomic E-state index is 12.0. The number of methoxy groups -OCH3 is 1. The highest BCUT2D eigenvalue weighted by Crippen LogP contribution is 2.22. The van der Waals surface area contributed by atoms with Gasteiger partial charge in [-0.05, 0) is 24.6 Å². The molecule has 0 aromatic heterocycles. The van der Waals surface area contributed by atoms with Crippen molar-refractivity contribution in [1.29, 1.82) is 0 Å². The largest absolute Gasteiger partial charge is 0.385 e. The van der Waals surface area contributed by atoms with Gasteiger partial charge < -0.3 is 4.74 Å². The molecule has 0 radical (unpaired) electrons. The highest BCUT2D eigenvalue weighted by atomic mass is 32.2. The van der Waals surface area contributed by atoms with E-state index in [0.29, 0.717) is 35.7 Å². The topological polar surface area (TPSA) is 84.8 Å². The number of hydrogen-bond donors (Lipinski definition) is 1. The van der Waals surface area contributed by atoms with Gasteiger partial charge in [-0.25, -0.2) is 12.8 Å². The van der Waals surface area contributed by atoms with E-state index in [1.807, 2.05) is 0 Å². The molecule has 6 nitrogen and oxygen atoms in total. The monoisotopic (exact) mass is 380 g/mol. The minimum absolute atomic E-state index is 0.0648. The normalized spacial score (nSPS) is 16.1. The first-order chi connectivity index (χ1) is 12.4. The number of rotatable bonds is 7. The van der Waals surface area contributed by atoms with Crippen LogP contribution in [0.15, 0.2) is 70.9 Å². The maximum atomic E-state index is 12.0. The first-order valence-corrected chi connectivity index (χ1v) is 9.14. The lowest BCUT2D eigenvalue weighted by Gasteiger charge is -1.99. The predicted molar refractivity (Wildman–Crippen MR) is 99.3 cm³/mol. The van der Waals surface area contributed by atoms with Crippen LogP contribution in [-0.4, -0.2) is 40.8 Å². The van der Waals surface area contributed by atoms with E-state index in [1.54, 1.807) is 31.4 Å². The summed E-state index contributed by atoms with van der Waals surface area (Å²) in [5.74, 6) is -0.304. The third-order valence-electron chi connectivity index (χ3n) is 3.18. The maximum Gasteiger partial charge on any atom is 0.263 e. The number of fused-ring (bicyclic) bond motifs is 1. The van der Waals surface area contributed by atoms with Gasteiger partial charge in [-0.2, -0.15) is 0 Å². The van der Waals surface area contributed by atoms with Gasteiger partial charge in [-0.1, -0.05) is 31.4 Å². The molecule has 0 spiro atoms. The fraction of sp³-hybridized carbons (Fsp3) is 0.222. The van der Waals surface area contributed by atoms with Gasteiger partial charge in [0.1, 0.15) is 11.7 Å². The van der Waals surface area contributed by atoms with Gasteiger partial charge >= 0.3 is 0 Å². The standard InChI is InChI=1S/C11H14N2O3S.C7H7FO/c1-16-8-4-7-12-11-9-5-2-3-6-10(9)17(14,15)13-11;1-3-4-7(5-9)6(2)8/h2-3,5-6H,4,7-8H2,1H3,(H,12,13);3-5H,1-2H2/b;7-4-. The Balaban J connectivity index is 0.000000321. The number of halogens is 1. The van der Waals surface area contributed by atoms with Crippen LogP contribution in [0.4, 0.5) is 4.39 Å². The number of amidine groups is 1. The van der Waals surface area contributed by atoms with Crippen molar-refractivity contribution in [3.63, 3.8) is 0 Å². The van der Waals surface area contributed by atoms with E-state index >= 15 is 0 Å². The van der Waals surface area contributed by atoms with Crippen molar-refractivity contribution in [1.82, 2.24) is 4.72 Å². The van der Waals surface area contributed by atoms with Crippen LogP contribution in [0.5, 0.6) is 0 Å². The summed E-state index contributed by atoms with van der Waals surface area (Å²) in [6, 6.07) is 6.83. The number of ether oxygens (including phenoxy) is 1. The fourth-order valence-electron chi connectivity index (χ4n) is 1.97. The van der Waals surface area contributed by atoms with E-state index in [9.17, 15) is 17.6 Å². The molecule has 0 bridgehead atoms. The number of aldehydes is 1. The summed E-state index contributed by atoms with van der Waals surface area (Å²) >= 11 is 0. The fourth-order valence-corrected chi connectivity index (χ4v) is 3.22. The van der Waals surface area contributed by atoms with Crippen molar-refractivity contribution in [2.45, 2.75) is 11.3 Å². The first kappa shape index (κ1) is 21.5. The number of carbonyl (C=O) groups excluding carboxylic acids is 1. The molecule has 1 aromatic rings. The minimum atomic E-state index is -3.41. The lowest BCUT2D eigenvalue weighted by atomic mass is 10.2. The Kier molecular flexibility index (Phi) is 8.60. The summed E-state index contributed by atoms with van der Waals surface area (Å²) in [7, 11) is -1.78. The van der Waals surface area contributed by atoms with E-state index in [4.69, 9.17) is 4.74 Å². The van der Waals surface area contributed by atoms with Crippen LogP contribution in [-0.2, 0) is 19.6 Å². The molecule has 26 heavy (non-hydrogen) atoms. The average molecular weight is 380 g/mol. The molecule has 0 atom stereocenters. The summed E-state index contributed by atoms with van der Waals surface area (Å²) in [5, 5.41) is 0. The molecular weight excluding hydrogens is 359 g/mol. The van der Waals surface area contributed by atoms with Crippen molar-refractivity contribution < 1.29 is 22.3 Å². The van der Waals surface area contributed by atoms with Crippen LogP contribution in [0.25, 0.3) is 0 Å². The quantitative estimate of drug-likeness (QED) is 0.341. The molecular formula is C18H21FN2O4S. The number of nitrogens with zero attached hydrogens (tertiary/aromatic N) is 1. The van der Waals surface area contributed by atoms with Crippen molar-refractivity contribution in [3.05, 3.63) is 66.5 Å². The number of hydrogen-bond acceptors (Lipinski definition) is 5. The zero-order valence-corrected chi connectivity index (χ0v) is 15.3. The van der Waals surface area contributed by atoms with Crippen LogP contribution in [0.2, 0.25) is 0 Å². The Bertz CT molecular complexity index is 829. The summed E-state index contributed by atoms with van der Waals surface area (Å²) in [4.78, 5) is 14.5. The molecule has 1 heterocycles. The number of benzene rings is 1. The number of aliphatic imine (C=N–C) groups is 1. The third kappa shape index (κ3) is 6.05. The summed E-state index contributed by atoms with van der Waals surface area (Å²) in [6.07, 6.45) is 3.75. The number of sulfonamides is 1. The van der Waals surface area contributed by atoms with E-state index in [0.717, 1.165) is 6.42 Å². The van der Waals surface area contributed by atoms with Crippen LogP contribution in [0.1, 0.15) is 12.0 Å². The van der Waals surface area contributed by atoms with Crippen molar-refractivity contribution >= 4 is 22.1 Å². The smallest absolute Gasteiger partial charge is 0.263 e. The number of carbonyl (C=O) groups is 1. The van der Waals surface area contributed by atoms with Gasteiger partial charge in [-0.15, -0.1) is 0 Å². The predicted octanol–water partition coefficient (Wildman–Crippen LogP) is 2.54. The van der Waals surface area contributed by atoms with Crippen LogP contribution >= 0.6 is 0 Å². The molecule has 1 aliphatic heterocycles. The van der Waals surface area contributed by atoms with Gasteiger partial charge in [0, 0.05) is 31.4 Å². The van der Waals surface area contributed by atoms with E-state index in [1.165, 1.54) is 12.2 Å². The van der Waals surface area contributed by atoms with Gasteiger partial charge in [0.05, 0.1) is 4.90 Å². The average Bonchev–Trinajstić information content (AvgIpc) is 2.88. The van der Waals surface area contributed by atoms with Gasteiger partial charge in [0.15, 0.2) is 6.29 Å². The van der Waals surface area contributed by atoms with Crippen LogP contribution in [0.3, 0.4) is 0 Å². The van der Waals surface area contributed by atoms with Crippen molar-refractivity contribution in [2.24, 2.45) is 4.99 Å². The Morgan fingerprint density at radius 1 is 1.38 bits per heavy atom. The lowest BCUT2D eigenvalue weighted by Crippen LogP contribution is -2.22. The van der Waals surface area contributed by atoms with Crippen molar-refractivity contribution in [2.75, 3.05) is 20.3 Å². The molecule has 8 heteroatoms. The first-order valence-electron chi connectivity index (χ1n) is 7.65. The SMILES string of the molecule is C=C/C=C(/C=O)C(=C)F.COCCCN=C1NS(=O)(=O)c2ccccc21. The summed E-state index contributed by atoms with van der Waals surface area (Å²) in [6.45, 7) is 7.38. The highest BCUT2D eigenvalue weighted by molar-refractivity contribution is 7.90. The Morgan fingerprint density at radius 2 is 2.08 bits per heavy atom. The Morgan fingerprint density at radius 3 is 2.62 bits per heavy atom. The summed E-state index contributed by atoms with van der Waals surface area (Å²) in [5.41, 5.74) is 0.579. The molecule has 0 amide bonds. The molecule has 0 aliphatic carbocycles. The van der Waals surface area contributed by atoms with Gasteiger partial charge in [0.25, 0.3) is 10.0 Å². The van der Waals surface area contributed by atoms with Gasteiger partial charge in [-0.3, -0.25) is 14.5 Å². The molecule has 140 valence electrons. The zero-order chi connectivity index (χ0) is 19.6. The Labute approximate surface area is 152 Å². The molecule has 0 saturated carbocycles. The van der Waals surface area contributed by atoms with Crippen LogP contribution in [0, 0.1) is 0 Å². The van der Waals surface area contributed by atoms with Crippen LogP contribution < -0.4 is 4.72 Å². The summed E-state index contributed by atoms with van der Waals surface area (Å²) < 4.78 is 42.8. The third-order valence-corrected chi connectivity index (χ3v) is 4.57. The second-order valence-corrected chi connectivity index (χ2v) is 6.71. The Hall–Kier alpha value is -2.58. The second kappa shape index (κ2) is 10.4. The van der Waals surface area contributed by atoms with Gasteiger partial charge in [0.2, 0.25) is 0 Å². The molecule has 0 unspecified atom stereocenters. The molecule has 0 saturated heterocycles. The number of nitrogens with one attached hydrogen (secondary N) is 1. The molecule has 2 rings (SSSR count). The molecule has 0 fully saturated rings. The second-order valence-electron chi connectivity index (χ2n) is 5.06. The molecule has 1 aliphatic rings. The zero-order valence-electron chi connectivity index (χ0n) is 14.4. The van der Waals surface area contributed by atoms with E-state index in [-0.39, 0.29) is 5.57 Å². The van der Waals surface area contributed by atoms with E-state index < -0.39 is 15.9 Å². The van der Waals surface area contributed by atoms with Crippen molar-refractivity contribution in [3.8, 4) is 0 Å².